The first kappa shape index (κ1) is 13.0. The lowest BCUT2D eigenvalue weighted by atomic mass is 10.1. The normalized spacial score (nSPS) is 10.1. The molecule has 0 spiro atoms. The molecule has 0 bridgehead atoms. The molecule has 0 aromatic rings. The molecule has 0 fully saturated rings. The van der Waals surface area contributed by atoms with E-state index in [0.29, 0.717) is 5.57 Å². The molecule has 0 nitrogen and oxygen atoms in total. The summed E-state index contributed by atoms with van der Waals surface area (Å²) in [7, 11) is 0. The average Bonchev–Trinajstić information content (AvgIpc) is 2.21. The minimum Gasteiger partial charge on any atom is -0.115 e. The van der Waals surface area contributed by atoms with Crippen LogP contribution in [0, 0.1) is 12.3 Å². The monoisotopic (exact) mass is 196 g/mol. The standard InChI is InChI=1S/C15H16/c1-7-13(4)9-11-15(6)14(5)10-8-12(2)3/h1,8-11H,2,4-6H2,3H3/b10-8-,11-9-. The maximum atomic E-state index is 5.15. The highest BCUT2D eigenvalue weighted by molar-refractivity contribution is 5.47. The van der Waals surface area contributed by atoms with Crippen molar-refractivity contribution in [3.63, 3.8) is 0 Å². The molecule has 0 aliphatic rings. The van der Waals surface area contributed by atoms with Crippen molar-refractivity contribution >= 4 is 0 Å². The SMILES string of the molecule is C#CC(=C)/C=C\C(=C)C(=C)/C=C\C(=C)C. The van der Waals surface area contributed by atoms with E-state index in [-0.39, 0.29) is 0 Å². The van der Waals surface area contributed by atoms with Gasteiger partial charge in [0.15, 0.2) is 0 Å². The van der Waals surface area contributed by atoms with Gasteiger partial charge >= 0.3 is 0 Å². The third-order valence-corrected chi connectivity index (χ3v) is 1.65. The van der Waals surface area contributed by atoms with Crippen molar-refractivity contribution in [3.05, 3.63) is 72.9 Å². The first-order chi connectivity index (χ1) is 6.97. The van der Waals surface area contributed by atoms with Crippen LogP contribution in [0.3, 0.4) is 0 Å². The molecule has 0 saturated heterocycles. The Morgan fingerprint density at radius 3 is 1.80 bits per heavy atom. The molecule has 0 unspecified atom stereocenters. The summed E-state index contributed by atoms with van der Waals surface area (Å²) < 4.78 is 0. The lowest BCUT2D eigenvalue weighted by molar-refractivity contribution is 1.52. The number of allylic oxidation sites excluding steroid dienone is 8. The molecule has 0 aliphatic carbocycles. The Morgan fingerprint density at radius 1 is 0.933 bits per heavy atom. The summed E-state index contributed by atoms with van der Waals surface area (Å²) in [5.41, 5.74) is 3.23. The zero-order chi connectivity index (χ0) is 11.8. The van der Waals surface area contributed by atoms with Gasteiger partial charge in [-0.25, -0.2) is 0 Å². The highest BCUT2D eigenvalue weighted by Crippen LogP contribution is 2.10. The second-order valence-corrected chi connectivity index (χ2v) is 3.23. The van der Waals surface area contributed by atoms with Crippen LogP contribution < -0.4 is 0 Å². The average molecular weight is 196 g/mol. The Labute approximate surface area is 92.7 Å². The summed E-state index contributed by atoms with van der Waals surface area (Å²) in [6, 6.07) is 0. The molecule has 76 valence electrons. The van der Waals surface area contributed by atoms with E-state index < -0.39 is 0 Å². The second-order valence-electron chi connectivity index (χ2n) is 3.23. The van der Waals surface area contributed by atoms with E-state index in [2.05, 4.69) is 32.2 Å². The van der Waals surface area contributed by atoms with Crippen molar-refractivity contribution < 1.29 is 0 Å². The van der Waals surface area contributed by atoms with Gasteiger partial charge in [-0.05, 0) is 24.1 Å². The van der Waals surface area contributed by atoms with Crippen LogP contribution in [0.25, 0.3) is 0 Å². The molecule has 0 aliphatic heterocycles. The largest absolute Gasteiger partial charge is 0.115 e. The molecular formula is C15H16. The van der Waals surface area contributed by atoms with Crippen molar-refractivity contribution in [2.24, 2.45) is 0 Å². The van der Waals surface area contributed by atoms with Gasteiger partial charge in [0.2, 0.25) is 0 Å². The van der Waals surface area contributed by atoms with Crippen LogP contribution in [0.4, 0.5) is 0 Å². The summed E-state index contributed by atoms with van der Waals surface area (Å²) in [4.78, 5) is 0. The predicted octanol–water partition coefficient (Wildman–Crippen LogP) is 3.98. The van der Waals surface area contributed by atoms with Gasteiger partial charge in [-0.1, -0.05) is 56.0 Å². The Bertz CT molecular complexity index is 392. The van der Waals surface area contributed by atoms with Crippen LogP contribution in [-0.4, -0.2) is 0 Å². The number of hydrogen-bond donors (Lipinski definition) is 0. The van der Waals surface area contributed by atoms with E-state index in [0.717, 1.165) is 16.7 Å². The summed E-state index contributed by atoms with van der Waals surface area (Å²) in [5.74, 6) is 2.43. The van der Waals surface area contributed by atoms with Crippen LogP contribution >= 0.6 is 0 Å². The molecule has 0 heterocycles. The topological polar surface area (TPSA) is 0 Å². The van der Waals surface area contributed by atoms with Crippen LogP contribution in [0.2, 0.25) is 0 Å². The summed E-state index contributed by atoms with van der Waals surface area (Å²) in [6.45, 7) is 17.1. The van der Waals surface area contributed by atoms with E-state index in [9.17, 15) is 0 Å². The van der Waals surface area contributed by atoms with Gasteiger partial charge in [0.1, 0.15) is 0 Å². The van der Waals surface area contributed by atoms with Gasteiger partial charge < -0.3 is 0 Å². The van der Waals surface area contributed by atoms with Gasteiger partial charge in [0.25, 0.3) is 0 Å². The molecule has 0 N–H and O–H groups in total. The van der Waals surface area contributed by atoms with Crippen LogP contribution in [-0.2, 0) is 0 Å². The maximum Gasteiger partial charge on any atom is 0.0170 e. The number of hydrogen-bond acceptors (Lipinski definition) is 0. The molecule has 0 amide bonds. The number of rotatable bonds is 5. The number of terminal acetylenes is 1. The fourth-order valence-corrected chi connectivity index (χ4v) is 0.706. The van der Waals surface area contributed by atoms with E-state index in [1.54, 1.807) is 12.2 Å². The van der Waals surface area contributed by atoms with Crippen LogP contribution in [0.15, 0.2) is 72.9 Å². The molecule has 0 heteroatoms. The third-order valence-electron chi connectivity index (χ3n) is 1.65. The Hall–Kier alpha value is -2.00. The van der Waals surface area contributed by atoms with Crippen molar-refractivity contribution in [2.75, 3.05) is 0 Å². The Kier molecular flexibility index (Phi) is 5.59. The van der Waals surface area contributed by atoms with E-state index in [1.165, 1.54) is 0 Å². The lowest BCUT2D eigenvalue weighted by Crippen LogP contribution is -1.79. The van der Waals surface area contributed by atoms with Crippen LogP contribution in [0.5, 0.6) is 0 Å². The van der Waals surface area contributed by atoms with Gasteiger partial charge in [-0.15, -0.1) is 6.42 Å². The van der Waals surface area contributed by atoms with Crippen molar-refractivity contribution in [1.29, 1.82) is 0 Å². The first-order valence-electron chi connectivity index (χ1n) is 4.52. The highest BCUT2D eigenvalue weighted by atomic mass is 14.0. The van der Waals surface area contributed by atoms with E-state index in [1.807, 2.05) is 19.1 Å². The fraction of sp³-hybridized carbons (Fsp3) is 0.0667. The van der Waals surface area contributed by atoms with E-state index >= 15 is 0 Å². The molecule has 0 aromatic carbocycles. The summed E-state index contributed by atoms with van der Waals surface area (Å²) in [6.07, 6.45) is 12.4. The summed E-state index contributed by atoms with van der Waals surface area (Å²) in [5, 5.41) is 0. The Balaban J connectivity index is 4.43. The minimum atomic E-state index is 0.618. The van der Waals surface area contributed by atoms with Gasteiger partial charge in [-0.3, -0.25) is 0 Å². The van der Waals surface area contributed by atoms with Gasteiger partial charge in [0.05, 0.1) is 0 Å². The van der Waals surface area contributed by atoms with E-state index in [4.69, 9.17) is 6.42 Å². The Morgan fingerprint density at radius 2 is 1.40 bits per heavy atom. The fourth-order valence-electron chi connectivity index (χ4n) is 0.706. The molecule has 0 atom stereocenters. The minimum absolute atomic E-state index is 0.618. The molecule has 0 aromatic heterocycles. The zero-order valence-corrected chi connectivity index (χ0v) is 9.22. The predicted molar refractivity (Wildman–Crippen MR) is 69.3 cm³/mol. The lowest BCUT2D eigenvalue weighted by Gasteiger charge is -1.98. The smallest absolute Gasteiger partial charge is 0.0170 e. The third kappa shape index (κ3) is 6.12. The van der Waals surface area contributed by atoms with Crippen LogP contribution in [0.1, 0.15) is 6.92 Å². The van der Waals surface area contributed by atoms with Crippen molar-refractivity contribution in [2.45, 2.75) is 6.92 Å². The van der Waals surface area contributed by atoms with Gasteiger partial charge in [0, 0.05) is 5.57 Å². The first-order valence-corrected chi connectivity index (χ1v) is 4.52. The maximum absolute atomic E-state index is 5.15. The second kappa shape index (κ2) is 6.45. The molecule has 0 saturated carbocycles. The summed E-state index contributed by atoms with van der Waals surface area (Å²) >= 11 is 0. The molecule has 15 heavy (non-hydrogen) atoms. The van der Waals surface area contributed by atoms with Crippen molar-refractivity contribution in [3.8, 4) is 12.3 Å². The van der Waals surface area contributed by atoms with Crippen molar-refractivity contribution in [1.82, 2.24) is 0 Å². The zero-order valence-electron chi connectivity index (χ0n) is 9.22. The molecular weight excluding hydrogens is 180 g/mol. The highest BCUT2D eigenvalue weighted by Gasteiger charge is 1.91. The molecule has 0 radical (unpaired) electrons. The quantitative estimate of drug-likeness (QED) is 0.461. The molecule has 0 rings (SSSR count). The van der Waals surface area contributed by atoms with Gasteiger partial charge in [-0.2, -0.15) is 0 Å².